The van der Waals surface area contributed by atoms with Gasteiger partial charge in [0.1, 0.15) is 10.7 Å². The van der Waals surface area contributed by atoms with Crippen LogP contribution in [0.15, 0.2) is 51.4 Å². The van der Waals surface area contributed by atoms with Crippen LogP contribution in [0.4, 0.5) is 5.88 Å². The number of aromatic nitrogens is 3. The van der Waals surface area contributed by atoms with E-state index in [0.29, 0.717) is 22.5 Å². The van der Waals surface area contributed by atoms with E-state index in [2.05, 4.69) is 10.2 Å². The third-order valence-corrected chi connectivity index (χ3v) is 4.37. The zero-order valence-corrected chi connectivity index (χ0v) is 14.7. The van der Waals surface area contributed by atoms with Crippen LogP contribution >= 0.6 is 23.4 Å². The number of nitrogens with zero attached hydrogens (tertiary/aromatic N) is 4. The maximum absolute atomic E-state index is 10.6. The Kier molecular flexibility index (Phi) is 5.20. The molecule has 0 amide bonds. The summed E-state index contributed by atoms with van der Waals surface area (Å²) in [4.78, 5) is 10.0. The van der Waals surface area contributed by atoms with Crippen LogP contribution in [0, 0.1) is 10.1 Å². The fourth-order valence-electron chi connectivity index (χ4n) is 2.17. The van der Waals surface area contributed by atoms with E-state index < -0.39 is 4.92 Å². The average molecular weight is 377 g/mol. The van der Waals surface area contributed by atoms with Gasteiger partial charge in [-0.2, -0.15) is 0 Å². The van der Waals surface area contributed by atoms with Crippen LogP contribution in [0.5, 0.6) is 0 Å². The minimum atomic E-state index is -0.573. The van der Waals surface area contributed by atoms with Gasteiger partial charge in [-0.05, 0) is 48.7 Å². The SMILES string of the molecule is CCn1c(S/C=C/c2ccc([N+](=O)[O-])o2)nnc1-c1ccc(Cl)cc1. The van der Waals surface area contributed by atoms with Gasteiger partial charge >= 0.3 is 5.88 Å². The Labute approximate surface area is 152 Å². The largest absolute Gasteiger partial charge is 0.433 e. The summed E-state index contributed by atoms with van der Waals surface area (Å²) >= 11 is 7.27. The Morgan fingerprint density at radius 2 is 2.04 bits per heavy atom. The molecule has 0 atom stereocenters. The number of thioether (sulfide) groups is 1. The fourth-order valence-corrected chi connectivity index (χ4v) is 3.05. The van der Waals surface area contributed by atoms with Crippen molar-refractivity contribution in [2.75, 3.05) is 0 Å². The van der Waals surface area contributed by atoms with Gasteiger partial charge < -0.3 is 8.98 Å². The lowest BCUT2D eigenvalue weighted by Gasteiger charge is -2.05. The number of nitro groups is 1. The maximum atomic E-state index is 10.6. The topological polar surface area (TPSA) is 87.0 Å². The highest BCUT2D eigenvalue weighted by Crippen LogP contribution is 2.26. The second-order valence-electron chi connectivity index (χ2n) is 4.91. The zero-order valence-electron chi connectivity index (χ0n) is 13.1. The van der Waals surface area contributed by atoms with Crippen LogP contribution in [-0.2, 0) is 6.54 Å². The number of hydrogen-bond acceptors (Lipinski definition) is 6. The second kappa shape index (κ2) is 7.54. The third-order valence-electron chi connectivity index (χ3n) is 3.33. The highest BCUT2D eigenvalue weighted by Gasteiger charge is 2.13. The number of furan rings is 1. The first-order valence-corrected chi connectivity index (χ1v) is 8.61. The number of rotatable bonds is 6. The molecule has 0 fully saturated rings. The molecule has 0 N–H and O–H groups in total. The predicted octanol–water partition coefficient (Wildman–Crippen LogP) is 4.88. The quantitative estimate of drug-likeness (QED) is 0.346. The number of halogens is 1. The Morgan fingerprint density at radius 3 is 2.68 bits per heavy atom. The van der Waals surface area contributed by atoms with Crippen LogP contribution in [0.1, 0.15) is 12.7 Å². The van der Waals surface area contributed by atoms with Gasteiger partial charge in [-0.1, -0.05) is 23.4 Å². The summed E-state index contributed by atoms with van der Waals surface area (Å²) in [6, 6.07) is 10.3. The van der Waals surface area contributed by atoms with Crippen molar-refractivity contribution in [1.82, 2.24) is 14.8 Å². The van der Waals surface area contributed by atoms with Crippen LogP contribution in [0.3, 0.4) is 0 Å². The van der Waals surface area contributed by atoms with Gasteiger partial charge in [-0.25, -0.2) is 0 Å². The lowest BCUT2D eigenvalue weighted by molar-refractivity contribution is -0.402. The molecule has 1 aromatic carbocycles. The van der Waals surface area contributed by atoms with Gasteiger partial charge in [-0.3, -0.25) is 10.1 Å². The van der Waals surface area contributed by atoms with Crippen LogP contribution in [0.2, 0.25) is 5.02 Å². The Hall–Kier alpha value is -2.58. The second-order valence-corrected chi connectivity index (χ2v) is 6.22. The van der Waals surface area contributed by atoms with Crippen LogP contribution < -0.4 is 0 Å². The van der Waals surface area contributed by atoms with Crippen molar-refractivity contribution in [3.63, 3.8) is 0 Å². The molecule has 0 radical (unpaired) electrons. The third kappa shape index (κ3) is 3.92. The van der Waals surface area contributed by atoms with Crippen molar-refractivity contribution in [1.29, 1.82) is 0 Å². The Morgan fingerprint density at radius 1 is 1.28 bits per heavy atom. The smallest absolute Gasteiger partial charge is 0.401 e. The van der Waals surface area contributed by atoms with Crippen LogP contribution in [0.25, 0.3) is 17.5 Å². The highest BCUT2D eigenvalue weighted by atomic mass is 35.5. The lowest BCUT2D eigenvalue weighted by Crippen LogP contribution is -1.98. The highest BCUT2D eigenvalue weighted by molar-refractivity contribution is 8.02. The van der Waals surface area contributed by atoms with E-state index in [1.165, 1.54) is 17.8 Å². The van der Waals surface area contributed by atoms with Gasteiger partial charge in [0.15, 0.2) is 11.0 Å². The van der Waals surface area contributed by atoms with Gasteiger partial charge in [0.25, 0.3) is 0 Å². The van der Waals surface area contributed by atoms with E-state index in [1.54, 1.807) is 17.6 Å². The van der Waals surface area contributed by atoms with Crippen molar-refractivity contribution in [2.45, 2.75) is 18.6 Å². The summed E-state index contributed by atoms with van der Waals surface area (Å²) in [5, 5.41) is 22.2. The molecule has 3 rings (SSSR count). The van der Waals surface area contributed by atoms with E-state index in [9.17, 15) is 10.1 Å². The van der Waals surface area contributed by atoms with Gasteiger partial charge in [0.2, 0.25) is 0 Å². The van der Waals surface area contributed by atoms with Crippen molar-refractivity contribution in [3.05, 3.63) is 62.7 Å². The van der Waals surface area contributed by atoms with Gasteiger partial charge in [0.05, 0.1) is 6.07 Å². The van der Waals surface area contributed by atoms with E-state index >= 15 is 0 Å². The monoisotopic (exact) mass is 376 g/mol. The molecule has 9 heteroatoms. The number of hydrogen-bond donors (Lipinski definition) is 0. The minimum absolute atomic E-state index is 0.286. The van der Waals surface area contributed by atoms with Crippen molar-refractivity contribution >= 4 is 35.3 Å². The molecule has 2 heterocycles. The zero-order chi connectivity index (χ0) is 17.8. The Balaban J connectivity index is 1.77. The van der Waals surface area contributed by atoms with Crippen LogP contribution in [-0.4, -0.2) is 19.7 Å². The summed E-state index contributed by atoms with van der Waals surface area (Å²) in [6.45, 7) is 2.71. The standard InChI is InChI=1S/C16H13ClN4O3S/c1-2-20-15(11-3-5-12(17)6-4-11)18-19-16(20)25-10-9-13-7-8-14(24-13)21(22)23/h3-10H,2H2,1H3/b10-9+. The summed E-state index contributed by atoms with van der Waals surface area (Å²) in [5.74, 6) is 0.870. The molecule has 0 aliphatic heterocycles. The van der Waals surface area contributed by atoms with Crippen molar-refractivity contribution in [3.8, 4) is 11.4 Å². The molecule has 0 spiro atoms. The molecule has 25 heavy (non-hydrogen) atoms. The van der Waals surface area contributed by atoms with Gasteiger partial charge in [-0.15, -0.1) is 10.2 Å². The average Bonchev–Trinajstić information content (AvgIpc) is 3.22. The van der Waals surface area contributed by atoms with E-state index in [1.807, 2.05) is 35.8 Å². The first kappa shape index (κ1) is 17.2. The lowest BCUT2D eigenvalue weighted by atomic mass is 10.2. The van der Waals surface area contributed by atoms with E-state index in [0.717, 1.165) is 11.4 Å². The summed E-state index contributed by atoms with van der Waals surface area (Å²) in [6.07, 6.45) is 1.65. The Bertz CT molecular complexity index is 918. The van der Waals surface area contributed by atoms with Crippen molar-refractivity contribution < 1.29 is 9.34 Å². The molecule has 0 saturated carbocycles. The molecular formula is C16H13ClN4O3S. The van der Waals surface area contributed by atoms with E-state index in [-0.39, 0.29) is 5.88 Å². The summed E-state index contributed by atoms with van der Waals surface area (Å²) in [7, 11) is 0. The molecule has 0 aliphatic rings. The first-order valence-electron chi connectivity index (χ1n) is 7.35. The molecule has 0 bridgehead atoms. The molecular weight excluding hydrogens is 364 g/mol. The normalized spacial score (nSPS) is 11.3. The molecule has 128 valence electrons. The molecule has 0 aliphatic carbocycles. The fraction of sp³-hybridized carbons (Fsp3) is 0.125. The summed E-state index contributed by atoms with van der Waals surface area (Å²) in [5.41, 5.74) is 0.927. The molecule has 2 aromatic heterocycles. The molecule has 3 aromatic rings. The molecule has 0 unspecified atom stereocenters. The van der Waals surface area contributed by atoms with Gasteiger partial charge in [0, 0.05) is 17.1 Å². The number of benzene rings is 1. The van der Waals surface area contributed by atoms with E-state index in [4.69, 9.17) is 16.0 Å². The van der Waals surface area contributed by atoms with Crippen molar-refractivity contribution in [2.24, 2.45) is 0 Å². The summed E-state index contributed by atoms with van der Waals surface area (Å²) < 4.78 is 7.05. The molecule has 7 nitrogen and oxygen atoms in total. The predicted molar refractivity (Wildman–Crippen MR) is 96.4 cm³/mol. The minimum Gasteiger partial charge on any atom is -0.401 e. The first-order chi connectivity index (χ1) is 12.1. The maximum Gasteiger partial charge on any atom is 0.433 e. The molecule has 0 saturated heterocycles.